The van der Waals surface area contributed by atoms with E-state index >= 15 is 0 Å². The second kappa shape index (κ2) is 39.1. The van der Waals surface area contributed by atoms with Crippen LogP contribution in [-0.2, 0) is 44.3 Å². The topological polar surface area (TPSA) is 108 Å². The molecule has 12 nitrogen and oxygen atoms in total. The highest BCUT2D eigenvalue weighted by Crippen LogP contribution is 2.35. The van der Waals surface area contributed by atoms with Crippen LogP contribution in [0.4, 0.5) is 0 Å². The number of nitrogens with zero attached hydrogens (tertiary/aromatic N) is 7. The van der Waals surface area contributed by atoms with Crippen LogP contribution >= 0.6 is 79.6 Å². The van der Waals surface area contributed by atoms with Gasteiger partial charge in [-0.1, -0.05) is 255 Å². The summed E-state index contributed by atoms with van der Waals surface area (Å²) in [5.74, 6) is 2.60. The summed E-state index contributed by atoms with van der Waals surface area (Å²) >= 11 is 17.1. The van der Waals surface area contributed by atoms with Crippen LogP contribution in [0.25, 0.3) is 44.5 Å². The Morgan fingerprint density at radius 3 is 0.723 bits per heavy atom. The zero-order valence-electron chi connectivity index (χ0n) is 57.5. The fourth-order valence-corrected chi connectivity index (χ4v) is 16.6. The third-order valence-corrected chi connectivity index (χ3v) is 23.1. The SMILES string of the molecule is BrC1=NOC(C2CCN(Cc3ccc(-c4ccccc4)cc3)CC2)C1.BrC1=NOC(C2CCNCC2)C1.BrC1=NO[C@@H](C2CCN(Cc3ccc(-c4ccccc4)cc3)CC2)C1.BrC1=NO[C@H](C2CCN(Cc3ccc(-c4ccccc4)cc3)CC2)C1.BrCc1ccc(-c2ccccc2)cc1. The Morgan fingerprint density at radius 2 is 0.505 bits per heavy atom. The molecule has 8 aromatic carbocycles. The Hall–Kier alpha value is -6.12. The summed E-state index contributed by atoms with van der Waals surface area (Å²) in [6, 6.07) is 77.7. The predicted octanol–water partition coefficient (Wildman–Crippen LogP) is 20.9. The Kier molecular flexibility index (Phi) is 28.9. The van der Waals surface area contributed by atoms with E-state index in [1.807, 2.05) is 6.07 Å². The lowest BCUT2D eigenvalue weighted by Gasteiger charge is -2.33. The van der Waals surface area contributed by atoms with Gasteiger partial charge < -0.3 is 24.7 Å². The van der Waals surface area contributed by atoms with Gasteiger partial charge in [0.25, 0.3) is 0 Å². The van der Waals surface area contributed by atoms with Crippen LogP contribution in [0, 0.1) is 23.7 Å². The number of nitrogens with one attached hydrogen (secondary N) is 1. The van der Waals surface area contributed by atoms with Gasteiger partial charge in [0.2, 0.25) is 0 Å². The van der Waals surface area contributed by atoms with Gasteiger partial charge in [0, 0.05) is 74.3 Å². The molecule has 8 aliphatic rings. The maximum absolute atomic E-state index is 5.54. The van der Waals surface area contributed by atoms with Crippen molar-refractivity contribution < 1.29 is 19.4 Å². The molecule has 0 aliphatic carbocycles. The Balaban J connectivity index is 0.000000123. The van der Waals surface area contributed by atoms with Gasteiger partial charge in [-0.2, -0.15) is 0 Å². The van der Waals surface area contributed by atoms with Gasteiger partial charge in [-0.05, 0) is 234 Å². The summed E-state index contributed by atoms with van der Waals surface area (Å²) < 4.78 is 3.83. The molecular formula is C84H93Br5N8O4. The van der Waals surface area contributed by atoms with E-state index in [-0.39, 0.29) is 18.3 Å². The third-order valence-electron chi connectivity index (χ3n) is 20.6. The molecule has 8 heterocycles. The lowest BCUT2D eigenvalue weighted by Crippen LogP contribution is -2.37. The molecule has 8 aliphatic heterocycles. The van der Waals surface area contributed by atoms with Crippen molar-refractivity contribution in [3.05, 3.63) is 241 Å². The lowest BCUT2D eigenvalue weighted by molar-refractivity contribution is 0.0127. The maximum atomic E-state index is 5.54. The summed E-state index contributed by atoms with van der Waals surface area (Å²) in [6.07, 6.45) is 14.6. The number of hydrogen-bond donors (Lipinski definition) is 1. The van der Waals surface area contributed by atoms with Crippen LogP contribution in [0.2, 0.25) is 0 Å². The highest BCUT2D eigenvalue weighted by Gasteiger charge is 2.35. The molecule has 528 valence electrons. The number of likely N-dealkylation sites (tertiary alicyclic amines) is 3. The van der Waals surface area contributed by atoms with Gasteiger partial charge in [-0.25, -0.2) is 0 Å². The molecule has 4 fully saturated rings. The van der Waals surface area contributed by atoms with Crippen molar-refractivity contribution in [3.63, 3.8) is 0 Å². The largest absolute Gasteiger partial charge is 0.391 e. The molecule has 0 saturated carbocycles. The standard InChI is InChI=1S/3C21H23BrN2O.C13H11Br.C8H13BrN2O/c3*22-21-14-20(25-23-21)19-10-12-24(13-11-19)15-16-6-8-18(9-7-16)17-4-2-1-3-5-17;14-10-11-6-8-13(9-7-11)12-4-2-1-3-5-12;9-8-5-7(12-11-8)6-1-3-10-4-2-6/h3*1-9,19-20H,10-15H2;1-9H,10H2;6-7,10H,1-5H2/t2*20-;;;/m10.../s1. The fourth-order valence-electron chi connectivity index (χ4n) is 14.6. The molecular weight excluding hydrogens is 1580 g/mol. The fraction of sp³-hybridized carbons (Fsp3) is 0.381. The van der Waals surface area contributed by atoms with Gasteiger partial charge in [0.15, 0.2) is 0 Å². The van der Waals surface area contributed by atoms with Crippen molar-refractivity contribution in [2.75, 3.05) is 52.4 Å². The van der Waals surface area contributed by atoms with Gasteiger partial charge in [0.05, 0.1) is 0 Å². The first-order valence-electron chi connectivity index (χ1n) is 36.1. The molecule has 4 saturated heterocycles. The van der Waals surface area contributed by atoms with E-state index in [9.17, 15) is 0 Å². The molecule has 4 atom stereocenters. The number of piperidine rings is 4. The second-order valence-corrected chi connectivity index (χ2v) is 31.8. The first-order chi connectivity index (χ1) is 49.6. The monoisotopic (exact) mass is 1670 g/mol. The molecule has 1 N–H and O–H groups in total. The van der Waals surface area contributed by atoms with Gasteiger partial charge >= 0.3 is 0 Å². The number of rotatable bonds is 15. The summed E-state index contributed by atoms with van der Waals surface area (Å²) in [5, 5.41) is 20.3. The van der Waals surface area contributed by atoms with Crippen LogP contribution in [0.15, 0.2) is 239 Å². The molecule has 17 heteroatoms. The highest BCUT2D eigenvalue weighted by atomic mass is 79.9. The normalized spacial score (nSPS) is 21.3. The van der Waals surface area contributed by atoms with Crippen LogP contribution in [0.1, 0.15) is 99.3 Å². The van der Waals surface area contributed by atoms with Crippen molar-refractivity contribution in [3.8, 4) is 44.5 Å². The Bertz CT molecular complexity index is 3580. The van der Waals surface area contributed by atoms with Crippen molar-refractivity contribution in [2.45, 2.75) is 126 Å². The van der Waals surface area contributed by atoms with Crippen molar-refractivity contribution in [1.29, 1.82) is 0 Å². The van der Waals surface area contributed by atoms with Crippen molar-refractivity contribution in [1.82, 2.24) is 20.0 Å². The van der Waals surface area contributed by atoms with E-state index in [1.165, 1.54) is 118 Å². The van der Waals surface area contributed by atoms with Gasteiger partial charge in [-0.3, -0.25) is 14.7 Å². The number of oxime groups is 4. The average Bonchev–Trinajstić information content (AvgIpc) is 1.33. The minimum Gasteiger partial charge on any atom is -0.391 e. The third kappa shape index (κ3) is 22.9. The Labute approximate surface area is 640 Å². The highest BCUT2D eigenvalue weighted by molar-refractivity contribution is 9.19. The van der Waals surface area contributed by atoms with E-state index in [4.69, 9.17) is 19.4 Å². The molecule has 16 rings (SSSR count). The first-order valence-corrected chi connectivity index (χ1v) is 40.4. The van der Waals surface area contributed by atoms with E-state index in [2.05, 4.69) is 333 Å². The molecule has 0 amide bonds. The smallest absolute Gasteiger partial charge is 0.136 e. The molecule has 101 heavy (non-hydrogen) atoms. The minimum absolute atomic E-state index is 0.279. The average molecular weight is 1680 g/mol. The molecule has 0 bridgehead atoms. The van der Waals surface area contributed by atoms with Crippen LogP contribution < -0.4 is 5.32 Å². The summed E-state index contributed by atoms with van der Waals surface area (Å²) in [7, 11) is 0. The van der Waals surface area contributed by atoms with E-state index in [0.717, 1.165) is 121 Å². The van der Waals surface area contributed by atoms with Crippen LogP contribution in [0.3, 0.4) is 0 Å². The van der Waals surface area contributed by atoms with Crippen LogP contribution in [0.5, 0.6) is 0 Å². The number of alkyl halides is 1. The Morgan fingerprint density at radius 1 is 0.287 bits per heavy atom. The zero-order chi connectivity index (χ0) is 69.4. The zero-order valence-corrected chi connectivity index (χ0v) is 65.5. The van der Waals surface area contributed by atoms with E-state index in [1.54, 1.807) is 0 Å². The number of benzene rings is 8. The molecule has 2 unspecified atom stereocenters. The van der Waals surface area contributed by atoms with Crippen molar-refractivity contribution in [2.24, 2.45) is 44.3 Å². The quantitative estimate of drug-likeness (QED) is 0.101. The van der Waals surface area contributed by atoms with Gasteiger partial charge in [-0.15, -0.1) is 0 Å². The summed E-state index contributed by atoms with van der Waals surface area (Å²) in [6.45, 7) is 12.2. The van der Waals surface area contributed by atoms with Gasteiger partial charge in [0.1, 0.15) is 42.9 Å². The number of hydrogen-bond acceptors (Lipinski definition) is 12. The predicted molar refractivity (Wildman–Crippen MR) is 433 cm³/mol. The molecule has 0 radical (unpaired) electrons. The molecule has 0 spiro atoms. The lowest BCUT2D eigenvalue weighted by atomic mass is 9.90. The number of halogens is 5. The first kappa shape index (κ1) is 74.6. The van der Waals surface area contributed by atoms with E-state index < -0.39 is 0 Å². The van der Waals surface area contributed by atoms with Crippen molar-refractivity contribution >= 4 is 98.1 Å². The van der Waals surface area contributed by atoms with E-state index in [0.29, 0.717) is 29.8 Å². The second-order valence-electron chi connectivity index (χ2n) is 27.6. The maximum Gasteiger partial charge on any atom is 0.136 e. The molecule has 0 aromatic heterocycles. The summed E-state index contributed by atoms with van der Waals surface area (Å²) in [4.78, 5) is 29.6. The summed E-state index contributed by atoms with van der Waals surface area (Å²) in [5.41, 5.74) is 15.7. The molecule has 8 aromatic rings. The minimum atomic E-state index is 0.279. The van der Waals surface area contributed by atoms with Crippen LogP contribution in [-0.4, -0.2) is 110 Å².